The lowest BCUT2D eigenvalue weighted by atomic mass is 10.0. The van der Waals surface area contributed by atoms with Crippen molar-refractivity contribution in [3.63, 3.8) is 0 Å². The smallest absolute Gasteiger partial charge is 0.428 e. The number of nitrogens with one attached hydrogen (secondary N) is 1. The fourth-order valence-electron chi connectivity index (χ4n) is 1.90. The highest BCUT2D eigenvalue weighted by molar-refractivity contribution is 6.07. The first-order valence-electron chi connectivity index (χ1n) is 5.36. The Morgan fingerprint density at radius 2 is 2.28 bits per heavy atom. The Morgan fingerprint density at radius 3 is 3.06 bits per heavy atom. The van der Waals surface area contributed by atoms with Gasteiger partial charge in [-0.3, -0.25) is 0 Å². The first kappa shape index (κ1) is 10.8. The van der Waals surface area contributed by atoms with Crippen molar-refractivity contribution in [3.05, 3.63) is 35.8 Å². The number of benzene rings is 1. The van der Waals surface area contributed by atoms with Gasteiger partial charge < -0.3 is 9.15 Å². The normalized spacial score (nSPS) is 19.3. The number of amides is 1. The van der Waals surface area contributed by atoms with E-state index in [0.717, 1.165) is 6.26 Å². The fraction of sp³-hybridized carbons (Fsp3) is 0.167. The molecule has 0 aliphatic carbocycles. The van der Waals surface area contributed by atoms with Crippen molar-refractivity contribution in [3.8, 4) is 0 Å². The number of hydrogen-bond donors (Lipinski definition) is 1. The van der Waals surface area contributed by atoms with Crippen molar-refractivity contribution in [2.24, 2.45) is 5.10 Å². The SMILES string of the molecule is C[C@@H]1OC(=O)NN=C1c1ccc2occ(F)c2c1. The molecule has 92 valence electrons. The van der Waals surface area contributed by atoms with Gasteiger partial charge in [0, 0.05) is 5.56 Å². The van der Waals surface area contributed by atoms with Crippen molar-refractivity contribution in [2.75, 3.05) is 0 Å². The molecule has 0 fully saturated rings. The van der Waals surface area contributed by atoms with Crippen LogP contribution in [0.15, 0.2) is 34.0 Å². The van der Waals surface area contributed by atoms with E-state index in [1.165, 1.54) is 0 Å². The molecule has 3 rings (SSSR count). The second kappa shape index (κ2) is 3.83. The molecule has 18 heavy (non-hydrogen) atoms. The summed E-state index contributed by atoms with van der Waals surface area (Å²) in [5.41, 5.74) is 3.91. The van der Waals surface area contributed by atoms with E-state index < -0.39 is 18.0 Å². The van der Waals surface area contributed by atoms with E-state index in [4.69, 9.17) is 9.15 Å². The van der Waals surface area contributed by atoms with Gasteiger partial charge in [0.15, 0.2) is 5.82 Å². The molecule has 1 aromatic heterocycles. The minimum atomic E-state index is -0.596. The Labute approximate surface area is 101 Å². The molecule has 0 spiro atoms. The van der Waals surface area contributed by atoms with Crippen LogP contribution in [0.5, 0.6) is 0 Å². The molecule has 1 aliphatic rings. The quantitative estimate of drug-likeness (QED) is 0.842. The number of cyclic esters (lactones) is 1. The van der Waals surface area contributed by atoms with Crippen molar-refractivity contribution in [1.29, 1.82) is 0 Å². The topological polar surface area (TPSA) is 63.8 Å². The van der Waals surface area contributed by atoms with Crippen LogP contribution in [0.4, 0.5) is 9.18 Å². The van der Waals surface area contributed by atoms with E-state index in [1.807, 2.05) is 0 Å². The van der Waals surface area contributed by atoms with E-state index >= 15 is 0 Å². The van der Waals surface area contributed by atoms with Crippen molar-refractivity contribution >= 4 is 22.8 Å². The molecule has 6 heteroatoms. The summed E-state index contributed by atoms with van der Waals surface area (Å²) in [6, 6.07) is 5.01. The summed E-state index contributed by atoms with van der Waals surface area (Å²) in [5.74, 6) is -0.430. The Morgan fingerprint density at radius 1 is 1.44 bits per heavy atom. The zero-order valence-electron chi connectivity index (χ0n) is 9.44. The standard InChI is InChI=1S/C12H9FN2O3/c1-6-11(14-15-12(16)18-6)7-2-3-10-8(4-7)9(13)5-17-10/h2-6H,1H3,(H,15,16)/t6-/m0/s1. The third-order valence-corrected chi connectivity index (χ3v) is 2.76. The summed E-state index contributed by atoms with van der Waals surface area (Å²) in [4.78, 5) is 11.0. The molecule has 0 radical (unpaired) electrons. The van der Waals surface area contributed by atoms with Crippen LogP contribution in [-0.2, 0) is 4.74 Å². The summed E-state index contributed by atoms with van der Waals surface area (Å²) in [6.07, 6.45) is -0.0215. The van der Waals surface area contributed by atoms with Gasteiger partial charge in [-0.15, -0.1) is 0 Å². The maximum atomic E-state index is 13.4. The van der Waals surface area contributed by atoms with Gasteiger partial charge in [0.1, 0.15) is 23.7 Å². The maximum Gasteiger partial charge on any atom is 0.428 e. The van der Waals surface area contributed by atoms with Gasteiger partial charge in [-0.05, 0) is 25.1 Å². The summed E-state index contributed by atoms with van der Waals surface area (Å²) < 4.78 is 23.4. The molecule has 2 aromatic rings. The molecule has 2 heterocycles. The summed E-state index contributed by atoms with van der Waals surface area (Å²) in [6.45, 7) is 1.70. The summed E-state index contributed by atoms with van der Waals surface area (Å²) in [7, 11) is 0. The van der Waals surface area contributed by atoms with Gasteiger partial charge in [-0.1, -0.05) is 0 Å². The molecule has 5 nitrogen and oxygen atoms in total. The number of rotatable bonds is 1. The molecule has 1 aliphatic heterocycles. The molecular weight excluding hydrogens is 239 g/mol. The molecule has 1 N–H and O–H groups in total. The van der Waals surface area contributed by atoms with Crippen LogP contribution < -0.4 is 5.43 Å². The third kappa shape index (κ3) is 1.62. The van der Waals surface area contributed by atoms with Crippen LogP contribution >= 0.6 is 0 Å². The number of hydrogen-bond acceptors (Lipinski definition) is 4. The fourth-order valence-corrected chi connectivity index (χ4v) is 1.90. The maximum absolute atomic E-state index is 13.4. The van der Waals surface area contributed by atoms with E-state index in [9.17, 15) is 9.18 Å². The monoisotopic (exact) mass is 248 g/mol. The zero-order chi connectivity index (χ0) is 12.7. The molecule has 0 bridgehead atoms. The number of furan rings is 1. The Balaban J connectivity index is 2.09. The van der Waals surface area contributed by atoms with Gasteiger partial charge in [0.05, 0.1) is 5.39 Å². The number of carbonyl (C=O) groups is 1. The van der Waals surface area contributed by atoms with Gasteiger partial charge >= 0.3 is 6.09 Å². The van der Waals surface area contributed by atoms with E-state index in [0.29, 0.717) is 22.2 Å². The molecule has 1 atom stereocenters. The number of carbonyl (C=O) groups excluding carboxylic acids is 1. The molecule has 0 unspecified atom stereocenters. The van der Waals surface area contributed by atoms with E-state index in [-0.39, 0.29) is 0 Å². The van der Waals surface area contributed by atoms with Crippen LogP contribution in [0.1, 0.15) is 12.5 Å². The second-order valence-electron chi connectivity index (χ2n) is 3.95. The first-order chi connectivity index (χ1) is 8.65. The number of ether oxygens (including phenoxy) is 1. The largest absolute Gasteiger partial charge is 0.461 e. The lowest BCUT2D eigenvalue weighted by Gasteiger charge is -2.20. The summed E-state index contributed by atoms with van der Waals surface area (Å²) >= 11 is 0. The van der Waals surface area contributed by atoms with Crippen LogP contribution in [0.25, 0.3) is 11.0 Å². The molecule has 0 saturated carbocycles. The zero-order valence-corrected chi connectivity index (χ0v) is 9.44. The molecule has 1 amide bonds. The first-order valence-corrected chi connectivity index (χ1v) is 5.36. The van der Waals surface area contributed by atoms with Crippen molar-refractivity contribution in [1.82, 2.24) is 5.43 Å². The minimum absolute atomic E-state index is 0.374. The predicted octanol–water partition coefficient (Wildman–Crippen LogP) is 2.40. The lowest BCUT2D eigenvalue weighted by Crippen LogP contribution is -2.37. The minimum Gasteiger partial charge on any atom is -0.461 e. The van der Waals surface area contributed by atoms with Crippen molar-refractivity contribution in [2.45, 2.75) is 13.0 Å². The average molecular weight is 248 g/mol. The third-order valence-electron chi connectivity index (χ3n) is 2.76. The number of nitrogens with zero attached hydrogens (tertiary/aromatic N) is 1. The van der Waals surface area contributed by atoms with E-state index in [1.54, 1.807) is 25.1 Å². The Hall–Kier alpha value is -2.37. The highest BCUT2D eigenvalue weighted by atomic mass is 19.1. The van der Waals surface area contributed by atoms with Gasteiger partial charge in [-0.25, -0.2) is 14.6 Å². The highest BCUT2D eigenvalue weighted by Gasteiger charge is 2.23. The molecule has 0 saturated heterocycles. The van der Waals surface area contributed by atoms with Gasteiger partial charge in [0.25, 0.3) is 0 Å². The van der Waals surface area contributed by atoms with Crippen LogP contribution in [0, 0.1) is 5.82 Å². The Kier molecular flexibility index (Phi) is 2.29. The second-order valence-corrected chi connectivity index (χ2v) is 3.95. The van der Waals surface area contributed by atoms with Gasteiger partial charge in [-0.2, -0.15) is 5.10 Å². The molecule has 1 aromatic carbocycles. The number of hydrazone groups is 1. The highest BCUT2D eigenvalue weighted by Crippen LogP contribution is 2.22. The molecular formula is C12H9FN2O3. The number of fused-ring (bicyclic) bond motifs is 1. The van der Waals surface area contributed by atoms with Crippen LogP contribution in [-0.4, -0.2) is 17.9 Å². The average Bonchev–Trinajstić information content (AvgIpc) is 2.71. The van der Waals surface area contributed by atoms with Crippen molar-refractivity contribution < 1.29 is 18.3 Å². The van der Waals surface area contributed by atoms with Crippen LogP contribution in [0.3, 0.4) is 0 Å². The number of halogens is 1. The van der Waals surface area contributed by atoms with Crippen LogP contribution in [0.2, 0.25) is 0 Å². The predicted molar refractivity (Wildman–Crippen MR) is 61.8 cm³/mol. The van der Waals surface area contributed by atoms with E-state index in [2.05, 4.69) is 10.5 Å². The van der Waals surface area contributed by atoms with Gasteiger partial charge in [0.2, 0.25) is 0 Å². The summed E-state index contributed by atoms with van der Waals surface area (Å²) in [5, 5.41) is 4.30. The Bertz CT molecular complexity index is 662. The lowest BCUT2D eigenvalue weighted by molar-refractivity contribution is 0.127.